The van der Waals surface area contributed by atoms with Gasteiger partial charge in [-0.25, -0.2) is 4.98 Å². The second-order valence-corrected chi connectivity index (χ2v) is 6.94. The number of aliphatic imine (C=N–C) groups is 1. The number of rotatable bonds is 11. The highest BCUT2D eigenvalue weighted by Gasteiger charge is 2.00. The number of nitrogens with zero attached hydrogens (tertiary/aromatic N) is 2. The molecular formula is C17H32N4OS. The van der Waals surface area contributed by atoms with Crippen LogP contribution in [-0.4, -0.2) is 43.8 Å². The molecule has 1 aromatic rings. The van der Waals surface area contributed by atoms with Gasteiger partial charge >= 0.3 is 0 Å². The average Bonchev–Trinajstić information content (AvgIpc) is 2.92. The van der Waals surface area contributed by atoms with E-state index in [1.165, 1.54) is 5.01 Å². The quantitative estimate of drug-likeness (QED) is 0.369. The van der Waals surface area contributed by atoms with Crippen molar-refractivity contribution in [3.8, 4) is 0 Å². The van der Waals surface area contributed by atoms with Gasteiger partial charge in [-0.2, -0.15) is 0 Å². The Morgan fingerprint density at radius 1 is 1.35 bits per heavy atom. The molecule has 6 heteroatoms. The number of hydrogen-bond donors (Lipinski definition) is 2. The summed E-state index contributed by atoms with van der Waals surface area (Å²) in [4.78, 5) is 9.09. The first kappa shape index (κ1) is 19.9. The molecule has 1 aromatic heterocycles. The number of aromatic nitrogens is 1. The highest BCUT2D eigenvalue weighted by Crippen LogP contribution is 2.10. The standard InChI is InChI=1S/C17H32N4OS/c1-5-18-17(20-10-7-11-22-12-14(2)3)19-9-6-8-16-21-15(4)13-23-16/h13-14H,5-12H2,1-4H3,(H2,18,19,20). The van der Waals surface area contributed by atoms with E-state index in [1.54, 1.807) is 11.3 Å². The summed E-state index contributed by atoms with van der Waals surface area (Å²) in [6.07, 6.45) is 3.03. The van der Waals surface area contributed by atoms with Crippen molar-refractivity contribution in [2.75, 3.05) is 32.8 Å². The van der Waals surface area contributed by atoms with Gasteiger partial charge in [0.25, 0.3) is 0 Å². The normalized spacial score (nSPS) is 12.0. The Kier molecular flexibility index (Phi) is 10.6. The summed E-state index contributed by atoms with van der Waals surface area (Å²) in [7, 11) is 0. The van der Waals surface area contributed by atoms with Crippen LogP contribution < -0.4 is 10.6 Å². The summed E-state index contributed by atoms with van der Waals surface area (Å²) >= 11 is 1.74. The second kappa shape index (κ2) is 12.3. The molecule has 1 rings (SSSR count). The van der Waals surface area contributed by atoms with Gasteiger partial charge in [0.1, 0.15) is 0 Å². The van der Waals surface area contributed by atoms with Crippen LogP contribution in [0.1, 0.15) is 44.3 Å². The first-order chi connectivity index (χ1) is 11.1. The molecule has 2 N–H and O–H groups in total. The van der Waals surface area contributed by atoms with Crippen LogP contribution in [0.25, 0.3) is 0 Å². The molecule has 132 valence electrons. The van der Waals surface area contributed by atoms with Crippen LogP contribution in [-0.2, 0) is 11.2 Å². The van der Waals surface area contributed by atoms with Gasteiger partial charge in [-0.15, -0.1) is 11.3 Å². The smallest absolute Gasteiger partial charge is 0.191 e. The minimum absolute atomic E-state index is 0.600. The predicted octanol–water partition coefficient (Wildman–Crippen LogP) is 3.00. The van der Waals surface area contributed by atoms with Crippen molar-refractivity contribution in [1.29, 1.82) is 0 Å². The molecule has 0 fully saturated rings. The third-order valence-electron chi connectivity index (χ3n) is 3.04. The summed E-state index contributed by atoms with van der Waals surface area (Å²) in [5, 5.41) is 9.95. The lowest BCUT2D eigenvalue weighted by Crippen LogP contribution is -2.38. The largest absolute Gasteiger partial charge is 0.381 e. The van der Waals surface area contributed by atoms with Gasteiger partial charge in [0.2, 0.25) is 0 Å². The van der Waals surface area contributed by atoms with E-state index in [4.69, 9.17) is 4.74 Å². The zero-order valence-electron chi connectivity index (χ0n) is 15.0. The molecule has 0 saturated heterocycles. The number of aryl methyl sites for hydroxylation is 2. The summed E-state index contributed by atoms with van der Waals surface area (Å²) in [6.45, 7) is 12.7. The fraction of sp³-hybridized carbons (Fsp3) is 0.765. The monoisotopic (exact) mass is 340 g/mol. The van der Waals surface area contributed by atoms with Gasteiger partial charge in [0.05, 0.1) is 5.01 Å². The first-order valence-corrected chi connectivity index (χ1v) is 9.50. The highest BCUT2D eigenvalue weighted by atomic mass is 32.1. The van der Waals surface area contributed by atoms with Crippen molar-refractivity contribution in [2.24, 2.45) is 10.9 Å². The van der Waals surface area contributed by atoms with Crippen LogP contribution in [0.2, 0.25) is 0 Å². The molecule has 23 heavy (non-hydrogen) atoms. The lowest BCUT2D eigenvalue weighted by atomic mass is 10.2. The van der Waals surface area contributed by atoms with E-state index in [2.05, 4.69) is 46.8 Å². The van der Waals surface area contributed by atoms with Gasteiger partial charge in [-0.05, 0) is 32.6 Å². The van der Waals surface area contributed by atoms with Crippen molar-refractivity contribution < 1.29 is 4.74 Å². The van der Waals surface area contributed by atoms with Crippen LogP contribution in [0.5, 0.6) is 0 Å². The number of hydrogen-bond acceptors (Lipinski definition) is 4. The third kappa shape index (κ3) is 10.3. The molecular weight excluding hydrogens is 308 g/mol. The van der Waals surface area contributed by atoms with Crippen molar-refractivity contribution in [1.82, 2.24) is 15.6 Å². The van der Waals surface area contributed by atoms with Crippen LogP contribution in [0.3, 0.4) is 0 Å². The summed E-state index contributed by atoms with van der Waals surface area (Å²) in [5.74, 6) is 1.50. The van der Waals surface area contributed by atoms with E-state index in [1.807, 2.05) is 6.92 Å². The highest BCUT2D eigenvalue weighted by molar-refractivity contribution is 7.09. The molecule has 5 nitrogen and oxygen atoms in total. The zero-order valence-corrected chi connectivity index (χ0v) is 15.8. The second-order valence-electron chi connectivity index (χ2n) is 6.00. The van der Waals surface area contributed by atoms with Gasteiger partial charge in [0.15, 0.2) is 5.96 Å². The lowest BCUT2D eigenvalue weighted by Gasteiger charge is -2.11. The summed E-state index contributed by atoms with van der Waals surface area (Å²) in [5.41, 5.74) is 1.11. The molecule has 0 aliphatic heterocycles. The van der Waals surface area contributed by atoms with Crippen molar-refractivity contribution in [2.45, 2.75) is 47.0 Å². The maximum absolute atomic E-state index is 5.58. The molecule has 0 radical (unpaired) electrons. The fourth-order valence-electron chi connectivity index (χ4n) is 1.98. The molecule has 0 spiro atoms. The molecule has 0 aliphatic rings. The topological polar surface area (TPSA) is 58.5 Å². The number of ether oxygens (including phenoxy) is 1. The Morgan fingerprint density at radius 2 is 2.17 bits per heavy atom. The van der Waals surface area contributed by atoms with Crippen LogP contribution >= 0.6 is 11.3 Å². The van der Waals surface area contributed by atoms with E-state index >= 15 is 0 Å². The average molecular weight is 341 g/mol. The van der Waals surface area contributed by atoms with Gasteiger partial charge in [0, 0.05) is 50.3 Å². The van der Waals surface area contributed by atoms with Crippen molar-refractivity contribution in [3.05, 3.63) is 16.1 Å². The zero-order chi connectivity index (χ0) is 16.9. The van der Waals surface area contributed by atoms with Crippen LogP contribution in [0.15, 0.2) is 10.4 Å². The van der Waals surface area contributed by atoms with E-state index in [0.29, 0.717) is 5.92 Å². The molecule has 0 unspecified atom stereocenters. The summed E-state index contributed by atoms with van der Waals surface area (Å²) < 4.78 is 5.58. The van der Waals surface area contributed by atoms with Gasteiger partial charge < -0.3 is 15.4 Å². The van der Waals surface area contributed by atoms with Crippen molar-refractivity contribution >= 4 is 17.3 Å². The Balaban J connectivity index is 2.16. The van der Waals surface area contributed by atoms with E-state index < -0.39 is 0 Å². The Hall–Kier alpha value is -1.14. The Morgan fingerprint density at radius 3 is 2.83 bits per heavy atom. The Bertz CT molecular complexity index is 446. The third-order valence-corrected chi connectivity index (χ3v) is 4.06. The van der Waals surface area contributed by atoms with Crippen LogP contribution in [0, 0.1) is 12.8 Å². The number of guanidine groups is 1. The van der Waals surface area contributed by atoms with Gasteiger partial charge in [-0.1, -0.05) is 13.8 Å². The molecule has 0 bridgehead atoms. The van der Waals surface area contributed by atoms with E-state index in [0.717, 1.165) is 63.8 Å². The van der Waals surface area contributed by atoms with E-state index in [-0.39, 0.29) is 0 Å². The molecule has 0 atom stereocenters. The maximum atomic E-state index is 5.58. The van der Waals surface area contributed by atoms with Crippen LogP contribution in [0.4, 0.5) is 0 Å². The Labute approximate surface area is 145 Å². The minimum Gasteiger partial charge on any atom is -0.381 e. The fourth-order valence-corrected chi connectivity index (χ4v) is 2.80. The molecule has 1 heterocycles. The molecule has 0 aromatic carbocycles. The number of nitrogens with one attached hydrogen (secondary N) is 2. The molecule has 0 amide bonds. The van der Waals surface area contributed by atoms with E-state index in [9.17, 15) is 0 Å². The number of thiazole rings is 1. The maximum Gasteiger partial charge on any atom is 0.191 e. The molecule has 0 saturated carbocycles. The SMILES string of the molecule is CCNC(=NCCCc1nc(C)cs1)NCCCOCC(C)C. The first-order valence-electron chi connectivity index (χ1n) is 8.62. The molecule has 0 aliphatic carbocycles. The minimum atomic E-state index is 0.600. The van der Waals surface area contributed by atoms with Crippen molar-refractivity contribution in [3.63, 3.8) is 0 Å². The predicted molar refractivity (Wildman–Crippen MR) is 99.4 cm³/mol. The lowest BCUT2D eigenvalue weighted by molar-refractivity contribution is 0.108. The van der Waals surface area contributed by atoms with Gasteiger partial charge in [-0.3, -0.25) is 4.99 Å². The summed E-state index contributed by atoms with van der Waals surface area (Å²) in [6, 6.07) is 0.